The molecule has 0 bridgehead atoms. The summed E-state index contributed by atoms with van der Waals surface area (Å²) in [5, 5.41) is 12.9. The fourth-order valence-electron chi connectivity index (χ4n) is 3.88. The van der Waals surface area contributed by atoms with E-state index in [4.69, 9.17) is 0 Å². The summed E-state index contributed by atoms with van der Waals surface area (Å²) in [6.07, 6.45) is 3.86. The van der Waals surface area contributed by atoms with Gasteiger partial charge in [0.2, 0.25) is 4.91 Å². The number of nitrogens with one attached hydrogen (secondary N) is 1. The van der Waals surface area contributed by atoms with Gasteiger partial charge in [0.1, 0.15) is 0 Å². The van der Waals surface area contributed by atoms with Crippen molar-refractivity contribution >= 4 is 22.8 Å². The van der Waals surface area contributed by atoms with Crippen LogP contribution in [0.3, 0.4) is 0 Å². The Bertz CT molecular complexity index is 985. The Labute approximate surface area is 176 Å². The molecular weight excluding hydrogens is 410 g/mol. The summed E-state index contributed by atoms with van der Waals surface area (Å²) in [6.45, 7) is -0.0271. The van der Waals surface area contributed by atoms with Gasteiger partial charge >= 0.3 is 5.91 Å². The summed E-state index contributed by atoms with van der Waals surface area (Å²) < 4.78 is 40.9. The molecule has 2 aliphatic rings. The molecule has 1 aliphatic heterocycles. The molecule has 0 radical (unpaired) electrons. The van der Waals surface area contributed by atoms with Crippen LogP contribution in [-0.4, -0.2) is 27.7 Å². The van der Waals surface area contributed by atoms with E-state index in [0.29, 0.717) is 23.4 Å². The van der Waals surface area contributed by atoms with Crippen LogP contribution >= 0.6 is 0 Å². The molecule has 1 unspecified atom stereocenters. The Kier molecular flexibility index (Phi) is 6.08. The highest BCUT2D eigenvalue weighted by Gasteiger charge is 2.36. The standard InChI is InChI=1S/C22H22F2N2O3S/c23-15-7-5-6-14(21(15)24)12-26-13-20(30(29)19-11-4-2-9-17(19)26)22(28)25-16-8-1-3-10-18(16)27/h2,4-7,9,11,13,16,18,27H,1,3,8,10,12H2,(H,25,28)/t16-,18-,30?/m0/s1. The smallest absolute Gasteiger partial charge is 0.301 e. The predicted molar refractivity (Wildman–Crippen MR) is 110 cm³/mol. The number of hydrogen-bond donors (Lipinski definition) is 2. The lowest BCUT2D eigenvalue weighted by Gasteiger charge is -2.31. The molecule has 1 saturated carbocycles. The van der Waals surface area contributed by atoms with Crippen molar-refractivity contribution in [3.63, 3.8) is 0 Å². The van der Waals surface area contributed by atoms with Gasteiger partial charge in [0.15, 0.2) is 16.5 Å². The van der Waals surface area contributed by atoms with Crippen molar-refractivity contribution in [1.29, 1.82) is 0 Å². The first kappa shape index (κ1) is 20.8. The van der Waals surface area contributed by atoms with E-state index in [9.17, 15) is 23.2 Å². The van der Waals surface area contributed by atoms with Crippen LogP contribution in [0, 0.1) is 11.6 Å². The van der Waals surface area contributed by atoms with Crippen LogP contribution in [0.1, 0.15) is 31.2 Å². The number of carbonyl (C=O) groups is 1. The minimum atomic E-state index is -1.73. The number of aliphatic hydroxyl groups is 1. The van der Waals surface area contributed by atoms with Crippen LogP contribution in [0.25, 0.3) is 0 Å². The average Bonchev–Trinajstić information content (AvgIpc) is 2.75. The van der Waals surface area contributed by atoms with E-state index in [2.05, 4.69) is 5.32 Å². The highest BCUT2D eigenvalue weighted by Crippen LogP contribution is 2.36. The molecule has 0 aromatic heterocycles. The Morgan fingerprint density at radius 1 is 1.17 bits per heavy atom. The predicted octanol–water partition coefficient (Wildman–Crippen LogP) is 3.35. The molecule has 1 heterocycles. The van der Waals surface area contributed by atoms with Gasteiger partial charge in [0.25, 0.3) is 0 Å². The lowest BCUT2D eigenvalue weighted by molar-refractivity contribution is -0.118. The summed E-state index contributed by atoms with van der Waals surface area (Å²) in [4.78, 5) is 14.9. The van der Waals surface area contributed by atoms with E-state index in [1.807, 2.05) is 0 Å². The first-order valence-electron chi connectivity index (χ1n) is 9.87. The minimum Gasteiger partial charge on any atom is -0.606 e. The van der Waals surface area contributed by atoms with Gasteiger partial charge in [-0.3, -0.25) is 4.79 Å². The molecule has 1 fully saturated rings. The molecule has 3 atom stereocenters. The van der Waals surface area contributed by atoms with Gasteiger partial charge in [-0.15, -0.1) is 0 Å². The molecular formula is C22H22F2N2O3S. The van der Waals surface area contributed by atoms with Crippen molar-refractivity contribution in [2.75, 3.05) is 4.90 Å². The third-order valence-corrected chi connectivity index (χ3v) is 6.92. The van der Waals surface area contributed by atoms with E-state index in [1.54, 1.807) is 29.2 Å². The summed E-state index contributed by atoms with van der Waals surface area (Å²) in [7, 11) is 0. The third kappa shape index (κ3) is 4.08. The minimum absolute atomic E-state index is 0.0169. The molecule has 30 heavy (non-hydrogen) atoms. The fourth-order valence-corrected chi connectivity index (χ4v) is 5.14. The van der Waals surface area contributed by atoms with Crippen LogP contribution in [0.4, 0.5) is 14.5 Å². The molecule has 2 aromatic carbocycles. The monoisotopic (exact) mass is 432 g/mol. The molecule has 8 heteroatoms. The number of anilines is 1. The van der Waals surface area contributed by atoms with Gasteiger partial charge in [0.05, 0.1) is 30.6 Å². The number of amides is 1. The number of aliphatic hydroxyl groups excluding tert-OH is 1. The molecule has 0 spiro atoms. The maximum Gasteiger partial charge on any atom is 0.301 e. The Morgan fingerprint density at radius 3 is 2.73 bits per heavy atom. The van der Waals surface area contributed by atoms with Crippen LogP contribution in [0.5, 0.6) is 0 Å². The normalized spacial score (nSPS) is 23.5. The molecule has 1 aliphatic carbocycles. The highest BCUT2D eigenvalue weighted by molar-refractivity contribution is 7.96. The zero-order valence-corrected chi connectivity index (χ0v) is 17.0. The van der Waals surface area contributed by atoms with Crippen LogP contribution < -0.4 is 10.2 Å². The number of rotatable bonds is 4. The molecule has 158 valence electrons. The quantitative estimate of drug-likeness (QED) is 0.727. The number of fused-ring (bicyclic) bond motifs is 1. The number of nitrogens with zero attached hydrogens (tertiary/aromatic N) is 1. The van der Waals surface area contributed by atoms with Crippen LogP contribution in [-0.2, 0) is 22.5 Å². The third-order valence-electron chi connectivity index (χ3n) is 5.49. The summed E-state index contributed by atoms with van der Waals surface area (Å²) >= 11 is -1.73. The lowest BCUT2D eigenvalue weighted by Crippen LogP contribution is -2.47. The van der Waals surface area contributed by atoms with Gasteiger partial charge in [0, 0.05) is 16.7 Å². The summed E-state index contributed by atoms with van der Waals surface area (Å²) in [6, 6.07) is 10.4. The maximum absolute atomic E-state index is 14.2. The van der Waals surface area contributed by atoms with Crippen LogP contribution in [0.2, 0.25) is 0 Å². The summed E-state index contributed by atoms with van der Waals surface area (Å²) in [5.41, 5.74) is 0.685. The first-order chi connectivity index (χ1) is 14.5. The topological polar surface area (TPSA) is 75.6 Å². The number of carbonyl (C=O) groups excluding carboxylic acids is 1. The number of halogens is 2. The zero-order valence-electron chi connectivity index (χ0n) is 16.2. The largest absolute Gasteiger partial charge is 0.606 e. The molecule has 2 aromatic rings. The van der Waals surface area contributed by atoms with E-state index in [0.717, 1.165) is 18.9 Å². The van der Waals surface area contributed by atoms with Crippen molar-refractivity contribution in [2.24, 2.45) is 0 Å². The highest BCUT2D eigenvalue weighted by atomic mass is 32.2. The second kappa shape index (κ2) is 8.75. The van der Waals surface area contributed by atoms with Crippen molar-refractivity contribution < 1.29 is 23.2 Å². The van der Waals surface area contributed by atoms with Crippen molar-refractivity contribution in [2.45, 2.75) is 49.3 Å². The van der Waals surface area contributed by atoms with Gasteiger partial charge < -0.3 is 19.9 Å². The van der Waals surface area contributed by atoms with Crippen molar-refractivity contribution in [3.05, 3.63) is 70.8 Å². The molecule has 2 N–H and O–H groups in total. The average molecular weight is 432 g/mol. The summed E-state index contributed by atoms with van der Waals surface area (Å²) in [5.74, 6) is -2.43. The second-order valence-electron chi connectivity index (χ2n) is 7.50. The first-order valence-corrected chi connectivity index (χ1v) is 11.0. The van der Waals surface area contributed by atoms with Gasteiger partial charge in [-0.2, -0.15) is 0 Å². The molecule has 1 amide bonds. The molecule has 4 rings (SSSR count). The van der Waals surface area contributed by atoms with Crippen LogP contribution in [0.15, 0.2) is 58.5 Å². The van der Waals surface area contributed by atoms with E-state index in [1.165, 1.54) is 18.3 Å². The molecule has 5 nitrogen and oxygen atoms in total. The number of para-hydroxylation sites is 1. The Balaban J connectivity index is 1.64. The SMILES string of the molecule is O=C(N[C@H]1CCCC[C@@H]1O)C1=CN(Cc2cccc(F)c2F)c2ccccc2[S+]1[O-]. The zero-order chi connectivity index (χ0) is 21.3. The maximum atomic E-state index is 14.2. The van der Waals surface area contributed by atoms with Gasteiger partial charge in [-0.1, -0.05) is 37.1 Å². The number of hydrogen-bond acceptors (Lipinski definition) is 4. The van der Waals surface area contributed by atoms with Crippen molar-refractivity contribution in [3.8, 4) is 0 Å². The van der Waals surface area contributed by atoms with E-state index >= 15 is 0 Å². The number of benzene rings is 2. The fraction of sp³-hybridized carbons (Fsp3) is 0.318. The Hall–Kier alpha value is -2.42. The Morgan fingerprint density at radius 2 is 1.93 bits per heavy atom. The van der Waals surface area contributed by atoms with E-state index in [-0.39, 0.29) is 17.0 Å². The second-order valence-corrected chi connectivity index (χ2v) is 8.92. The van der Waals surface area contributed by atoms with E-state index < -0.39 is 40.9 Å². The molecule has 0 saturated heterocycles. The van der Waals surface area contributed by atoms with Gasteiger partial charge in [-0.25, -0.2) is 8.78 Å². The lowest BCUT2D eigenvalue weighted by atomic mass is 9.92. The van der Waals surface area contributed by atoms with Crippen molar-refractivity contribution in [1.82, 2.24) is 5.32 Å². The van der Waals surface area contributed by atoms with Gasteiger partial charge in [-0.05, 0) is 31.0 Å².